The molecule has 0 amide bonds. The molecule has 0 aliphatic rings. The Bertz CT molecular complexity index is 911. The fraction of sp³-hybridized carbons (Fsp3) is 0.316. The number of aromatic nitrogens is 2. The molecule has 0 saturated carbocycles. The number of nitrogens with one attached hydrogen (secondary N) is 1. The smallest absolute Gasteiger partial charge is 0.188 e. The van der Waals surface area contributed by atoms with Crippen molar-refractivity contribution in [1.29, 1.82) is 0 Å². The van der Waals surface area contributed by atoms with Crippen LogP contribution in [-0.4, -0.2) is 15.9 Å². The van der Waals surface area contributed by atoms with Gasteiger partial charge in [0.1, 0.15) is 17.3 Å². The number of halogens is 1. The highest BCUT2D eigenvalue weighted by Gasteiger charge is 2.21. The molecule has 0 saturated heterocycles. The SMILES string of the molecule is CC(C)(C)c1cc(CC(=O)c2csc(NCc3cccc(F)c3)n2)no1. The molecule has 0 atom stereocenters. The van der Waals surface area contributed by atoms with Gasteiger partial charge in [-0.1, -0.05) is 38.1 Å². The highest BCUT2D eigenvalue weighted by molar-refractivity contribution is 7.13. The number of hydrogen-bond donors (Lipinski definition) is 1. The van der Waals surface area contributed by atoms with Gasteiger partial charge in [-0.25, -0.2) is 9.37 Å². The van der Waals surface area contributed by atoms with E-state index in [1.54, 1.807) is 11.4 Å². The van der Waals surface area contributed by atoms with Gasteiger partial charge in [0.15, 0.2) is 10.9 Å². The molecule has 1 aromatic carbocycles. The molecule has 2 heterocycles. The van der Waals surface area contributed by atoms with Crippen LogP contribution in [0.3, 0.4) is 0 Å². The summed E-state index contributed by atoms with van der Waals surface area (Å²) in [5.41, 5.74) is 1.65. The van der Waals surface area contributed by atoms with Gasteiger partial charge in [0.25, 0.3) is 0 Å². The molecule has 7 heteroatoms. The van der Waals surface area contributed by atoms with E-state index < -0.39 is 0 Å². The summed E-state index contributed by atoms with van der Waals surface area (Å²) in [4.78, 5) is 16.7. The normalized spacial score (nSPS) is 11.5. The van der Waals surface area contributed by atoms with E-state index in [-0.39, 0.29) is 23.4 Å². The molecule has 1 N–H and O–H groups in total. The summed E-state index contributed by atoms with van der Waals surface area (Å²) in [6.07, 6.45) is 0.145. The number of anilines is 1. The number of rotatable bonds is 6. The first-order chi connectivity index (χ1) is 12.3. The zero-order valence-electron chi connectivity index (χ0n) is 14.9. The van der Waals surface area contributed by atoms with Crippen molar-refractivity contribution in [2.75, 3.05) is 5.32 Å². The number of carbonyl (C=O) groups excluding carboxylic acids is 1. The maximum atomic E-state index is 13.2. The second kappa shape index (κ2) is 7.37. The van der Waals surface area contributed by atoms with E-state index in [1.165, 1.54) is 23.5 Å². The van der Waals surface area contributed by atoms with Crippen LogP contribution in [0.15, 0.2) is 40.2 Å². The van der Waals surface area contributed by atoms with Crippen molar-refractivity contribution in [2.45, 2.75) is 39.2 Å². The third-order valence-electron chi connectivity index (χ3n) is 3.76. The van der Waals surface area contributed by atoms with Crippen molar-refractivity contribution >= 4 is 22.3 Å². The monoisotopic (exact) mass is 373 g/mol. The molecule has 0 radical (unpaired) electrons. The Morgan fingerprint density at radius 2 is 2.12 bits per heavy atom. The average molecular weight is 373 g/mol. The molecule has 136 valence electrons. The van der Waals surface area contributed by atoms with Crippen LogP contribution in [0.2, 0.25) is 0 Å². The first kappa shape index (κ1) is 18.3. The summed E-state index contributed by atoms with van der Waals surface area (Å²) in [7, 11) is 0. The maximum Gasteiger partial charge on any atom is 0.188 e. The highest BCUT2D eigenvalue weighted by atomic mass is 32.1. The largest absolute Gasteiger partial charge is 0.361 e. The predicted octanol–water partition coefficient (Wildman–Crippen LogP) is 4.61. The lowest BCUT2D eigenvalue weighted by Crippen LogP contribution is -2.09. The number of nitrogens with zero attached hydrogens (tertiary/aromatic N) is 2. The number of Topliss-reactive ketones (excluding diaryl/α,β-unsaturated/α-hetero) is 1. The van der Waals surface area contributed by atoms with Crippen molar-refractivity contribution in [3.63, 3.8) is 0 Å². The van der Waals surface area contributed by atoms with Gasteiger partial charge < -0.3 is 9.84 Å². The summed E-state index contributed by atoms with van der Waals surface area (Å²) in [5.74, 6) is 0.353. The first-order valence-corrected chi connectivity index (χ1v) is 9.12. The molecule has 0 aliphatic carbocycles. The predicted molar refractivity (Wildman–Crippen MR) is 99.1 cm³/mol. The first-order valence-electron chi connectivity index (χ1n) is 8.24. The summed E-state index contributed by atoms with van der Waals surface area (Å²) >= 11 is 1.34. The lowest BCUT2D eigenvalue weighted by atomic mass is 9.93. The number of thiazole rings is 1. The van der Waals surface area contributed by atoms with Crippen LogP contribution in [-0.2, 0) is 18.4 Å². The second-order valence-corrected chi connectivity index (χ2v) is 7.91. The Labute approximate surface area is 155 Å². The molecule has 5 nitrogen and oxygen atoms in total. The minimum atomic E-state index is -0.276. The van der Waals surface area contributed by atoms with Gasteiger partial charge in [-0.2, -0.15) is 0 Å². The molecule has 0 bridgehead atoms. The molecular weight excluding hydrogens is 353 g/mol. The van der Waals surface area contributed by atoms with Crippen LogP contribution in [0.5, 0.6) is 0 Å². The molecule has 0 unspecified atom stereocenters. The van der Waals surface area contributed by atoms with E-state index in [0.29, 0.717) is 23.1 Å². The Kier molecular flexibility index (Phi) is 5.18. The van der Waals surface area contributed by atoms with Gasteiger partial charge in [-0.15, -0.1) is 11.3 Å². The maximum absolute atomic E-state index is 13.2. The Morgan fingerprint density at radius 1 is 1.31 bits per heavy atom. The lowest BCUT2D eigenvalue weighted by Gasteiger charge is -2.12. The quantitative estimate of drug-likeness (QED) is 0.639. The summed E-state index contributed by atoms with van der Waals surface area (Å²) in [6.45, 7) is 6.51. The highest BCUT2D eigenvalue weighted by Crippen LogP contribution is 2.23. The van der Waals surface area contributed by atoms with Crippen LogP contribution in [0.1, 0.15) is 48.3 Å². The minimum Gasteiger partial charge on any atom is -0.361 e. The molecule has 3 aromatic rings. The fourth-order valence-corrected chi connectivity index (χ4v) is 3.03. The van der Waals surface area contributed by atoms with Gasteiger partial charge in [0.2, 0.25) is 0 Å². The zero-order valence-corrected chi connectivity index (χ0v) is 15.7. The Morgan fingerprint density at radius 3 is 2.81 bits per heavy atom. The third-order valence-corrected chi connectivity index (χ3v) is 4.56. The average Bonchev–Trinajstić information content (AvgIpc) is 3.22. The van der Waals surface area contributed by atoms with Crippen molar-refractivity contribution in [3.05, 3.63) is 64.2 Å². The summed E-state index contributed by atoms with van der Waals surface area (Å²) in [6, 6.07) is 8.16. The van der Waals surface area contributed by atoms with Crippen molar-refractivity contribution in [3.8, 4) is 0 Å². The van der Waals surface area contributed by atoms with Crippen LogP contribution in [0.25, 0.3) is 0 Å². The van der Waals surface area contributed by atoms with Gasteiger partial charge in [0, 0.05) is 23.4 Å². The number of carbonyl (C=O) groups is 1. The summed E-state index contributed by atoms with van der Waals surface area (Å²) < 4.78 is 18.5. The van der Waals surface area contributed by atoms with E-state index in [9.17, 15) is 9.18 Å². The minimum absolute atomic E-state index is 0.117. The van der Waals surface area contributed by atoms with E-state index in [0.717, 1.165) is 11.3 Å². The zero-order chi connectivity index (χ0) is 18.7. The fourth-order valence-electron chi connectivity index (χ4n) is 2.31. The number of benzene rings is 1. The van der Waals surface area contributed by atoms with Crippen LogP contribution in [0, 0.1) is 5.82 Å². The molecular formula is C19H20FN3O2S. The standard InChI is InChI=1S/C19H20FN3O2S/c1-19(2,3)17-9-14(23-25-17)8-16(24)15-11-26-18(22-15)21-10-12-5-4-6-13(20)7-12/h4-7,9,11H,8,10H2,1-3H3,(H,21,22). The third kappa shape index (κ3) is 4.54. The molecule has 0 spiro atoms. The topological polar surface area (TPSA) is 68.0 Å². The number of hydrogen-bond acceptors (Lipinski definition) is 6. The van der Waals surface area contributed by atoms with Crippen molar-refractivity contribution in [2.24, 2.45) is 0 Å². The van der Waals surface area contributed by atoms with Crippen LogP contribution < -0.4 is 5.32 Å². The molecule has 0 fully saturated rings. The molecule has 26 heavy (non-hydrogen) atoms. The van der Waals surface area contributed by atoms with Crippen molar-refractivity contribution < 1.29 is 13.7 Å². The lowest BCUT2D eigenvalue weighted by molar-refractivity contribution is 0.0986. The van der Waals surface area contributed by atoms with Crippen LogP contribution in [0.4, 0.5) is 9.52 Å². The molecule has 3 rings (SSSR count). The summed E-state index contributed by atoms with van der Waals surface area (Å²) in [5, 5.41) is 9.40. The van der Waals surface area contributed by atoms with Gasteiger partial charge in [0.05, 0.1) is 12.1 Å². The van der Waals surface area contributed by atoms with Gasteiger partial charge >= 0.3 is 0 Å². The number of ketones is 1. The van der Waals surface area contributed by atoms with E-state index >= 15 is 0 Å². The van der Waals surface area contributed by atoms with E-state index in [1.807, 2.05) is 32.9 Å². The van der Waals surface area contributed by atoms with Gasteiger partial charge in [-0.05, 0) is 17.7 Å². The Hall–Kier alpha value is -2.54. The van der Waals surface area contributed by atoms with Gasteiger partial charge in [-0.3, -0.25) is 4.79 Å². The van der Waals surface area contributed by atoms with E-state index in [4.69, 9.17) is 4.52 Å². The van der Waals surface area contributed by atoms with E-state index in [2.05, 4.69) is 15.5 Å². The van der Waals surface area contributed by atoms with Crippen LogP contribution >= 0.6 is 11.3 Å². The second-order valence-electron chi connectivity index (χ2n) is 7.05. The molecule has 0 aliphatic heterocycles. The Balaban J connectivity index is 1.60. The molecule has 2 aromatic heterocycles. The van der Waals surface area contributed by atoms with Crippen molar-refractivity contribution in [1.82, 2.24) is 10.1 Å².